The van der Waals surface area contributed by atoms with Crippen LogP contribution in [0.4, 0.5) is 5.69 Å². The Bertz CT molecular complexity index is 828. The van der Waals surface area contributed by atoms with Crippen molar-refractivity contribution in [2.24, 2.45) is 0 Å². The number of rotatable bonds is 5. The summed E-state index contributed by atoms with van der Waals surface area (Å²) in [6.45, 7) is 3.90. The first-order valence-corrected chi connectivity index (χ1v) is 7.50. The van der Waals surface area contributed by atoms with E-state index in [1.54, 1.807) is 18.2 Å². The van der Waals surface area contributed by atoms with Crippen molar-refractivity contribution >= 4 is 22.6 Å². The molecule has 1 unspecified atom stereocenters. The molecule has 2 aromatic carbocycles. The summed E-state index contributed by atoms with van der Waals surface area (Å²) in [6.07, 6.45) is 0.0243. The van der Waals surface area contributed by atoms with Crippen molar-refractivity contribution in [1.29, 1.82) is 0 Å². The molecule has 0 aliphatic rings. The van der Waals surface area contributed by atoms with Gasteiger partial charge in [-0.3, -0.25) is 4.79 Å². The number of carbonyl (C=O) groups is 1. The number of fused-ring (bicyclic) bond motifs is 1. The summed E-state index contributed by atoms with van der Waals surface area (Å²) in [6, 6.07) is 13.0. The summed E-state index contributed by atoms with van der Waals surface area (Å²) in [7, 11) is 0. The molecular weight excluding hydrogens is 292 g/mol. The van der Waals surface area contributed by atoms with E-state index in [1.807, 2.05) is 38.1 Å². The molecule has 0 saturated carbocycles. The van der Waals surface area contributed by atoms with Crippen LogP contribution >= 0.6 is 0 Å². The highest BCUT2D eigenvalue weighted by atomic mass is 16.5. The van der Waals surface area contributed by atoms with Crippen molar-refractivity contribution in [1.82, 2.24) is 15.4 Å². The molecule has 1 aromatic heterocycles. The van der Waals surface area contributed by atoms with E-state index in [2.05, 4.69) is 20.7 Å². The van der Waals surface area contributed by atoms with Crippen molar-refractivity contribution < 1.29 is 9.53 Å². The first kappa shape index (κ1) is 15.0. The molecule has 1 amide bonds. The van der Waals surface area contributed by atoms with Gasteiger partial charge in [0.2, 0.25) is 0 Å². The summed E-state index contributed by atoms with van der Waals surface area (Å²) < 4.78 is 5.80. The number of H-pyrrole nitrogens is 1. The van der Waals surface area contributed by atoms with Gasteiger partial charge in [-0.05, 0) is 49.2 Å². The van der Waals surface area contributed by atoms with Gasteiger partial charge in [0.05, 0.1) is 0 Å². The molecule has 3 rings (SSSR count). The molecule has 1 atom stereocenters. The Kier molecular flexibility index (Phi) is 4.23. The molecule has 2 N–H and O–H groups in total. The summed E-state index contributed by atoms with van der Waals surface area (Å²) >= 11 is 0. The number of aromatic amines is 1. The molecule has 0 fully saturated rings. The molecule has 3 aromatic rings. The van der Waals surface area contributed by atoms with Crippen LogP contribution in [0, 0.1) is 6.92 Å². The summed E-state index contributed by atoms with van der Waals surface area (Å²) in [5, 5.41) is 13.4. The largest absolute Gasteiger partial charge is 0.481 e. The maximum absolute atomic E-state index is 12.4. The van der Waals surface area contributed by atoms with Crippen LogP contribution in [0.25, 0.3) is 11.0 Å². The van der Waals surface area contributed by atoms with Crippen molar-refractivity contribution in [2.75, 3.05) is 5.32 Å². The Hall–Kier alpha value is -2.89. The van der Waals surface area contributed by atoms with E-state index in [0.29, 0.717) is 23.4 Å². The monoisotopic (exact) mass is 310 g/mol. The van der Waals surface area contributed by atoms with Gasteiger partial charge in [0.1, 0.15) is 16.8 Å². The van der Waals surface area contributed by atoms with Crippen molar-refractivity contribution in [2.45, 2.75) is 26.4 Å². The van der Waals surface area contributed by atoms with Crippen LogP contribution in [0.2, 0.25) is 0 Å². The van der Waals surface area contributed by atoms with Crippen LogP contribution in [-0.4, -0.2) is 27.4 Å². The molecule has 1 heterocycles. The topological polar surface area (TPSA) is 79.9 Å². The fourth-order valence-corrected chi connectivity index (χ4v) is 2.32. The van der Waals surface area contributed by atoms with E-state index in [4.69, 9.17) is 4.74 Å². The van der Waals surface area contributed by atoms with Gasteiger partial charge in [-0.1, -0.05) is 19.1 Å². The number of amides is 1. The number of hydrogen-bond acceptors (Lipinski definition) is 4. The van der Waals surface area contributed by atoms with E-state index in [1.165, 1.54) is 0 Å². The lowest BCUT2D eigenvalue weighted by Gasteiger charge is -2.17. The van der Waals surface area contributed by atoms with Crippen LogP contribution in [0.1, 0.15) is 18.9 Å². The zero-order valence-corrected chi connectivity index (χ0v) is 13.0. The fraction of sp³-hybridized carbons (Fsp3) is 0.235. The van der Waals surface area contributed by atoms with E-state index < -0.39 is 6.10 Å². The number of ether oxygens (including phenoxy) is 1. The average molecular weight is 310 g/mol. The minimum atomic E-state index is -0.551. The van der Waals surface area contributed by atoms with Gasteiger partial charge in [0, 0.05) is 5.69 Å². The van der Waals surface area contributed by atoms with Gasteiger partial charge in [-0.2, -0.15) is 15.4 Å². The third kappa shape index (κ3) is 3.48. The second-order valence-corrected chi connectivity index (χ2v) is 5.35. The normalized spacial score (nSPS) is 12.1. The number of hydrogen-bond donors (Lipinski definition) is 2. The molecule has 0 radical (unpaired) electrons. The molecule has 6 heteroatoms. The lowest BCUT2D eigenvalue weighted by Crippen LogP contribution is -2.32. The molecular formula is C17H18N4O2. The predicted octanol–water partition coefficient (Wildman–Crippen LogP) is 3.06. The quantitative estimate of drug-likeness (QED) is 0.759. The Labute approximate surface area is 133 Å². The highest BCUT2D eigenvalue weighted by Crippen LogP contribution is 2.18. The third-order valence-corrected chi connectivity index (χ3v) is 3.51. The maximum Gasteiger partial charge on any atom is 0.265 e. The molecule has 6 nitrogen and oxygen atoms in total. The van der Waals surface area contributed by atoms with Crippen LogP contribution in [0.3, 0.4) is 0 Å². The summed E-state index contributed by atoms with van der Waals surface area (Å²) in [5.74, 6) is 0.510. The second kappa shape index (κ2) is 6.48. The highest BCUT2D eigenvalue weighted by Gasteiger charge is 2.19. The minimum absolute atomic E-state index is 0.183. The number of aryl methyl sites for hydroxylation is 1. The first-order valence-electron chi connectivity index (χ1n) is 7.50. The smallest absolute Gasteiger partial charge is 0.265 e. The highest BCUT2D eigenvalue weighted by molar-refractivity contribution is 5.95. The van der Waals surface area contributed by atoms with Gasteiger partial charge >= 0.3 is 0 Å². The van der Waals surface area contributed by atoms with E-state index in [0.717, 1.165) is 11.1 Å². The molecule has 0 aliphatic carbocycles. The first-order chi connectivity index (χ1) is 11.2. The number of aromatic nitrogens is 3. The van der Waals surface area contributed by atoms with Crippen LogP contribution < -0.4 is 10.1 Å². The molecule has 0 bridgehead atoms. The number of nitrogens with zero attached hydrogens (tertiary/aromatic N) is 2. The maximum atomic E-state index is 12.4. The van der Waals surface area contributed by atoms with Gasteiger partial charge in [-0.25, -0.2) is 0 Å². The number of carbonyl (C=O) groups excluding carboxylic acids is 1. The molecule has 0 aliphatic heterocycles. The van der Waals surface area contributed by atoms with Crippen molar-refractivity contribution in [3.63, 3.8) is 0 Å². The lowest BCUT2D eigenvalue weighted by atomic mass is 10.2. The number of anilines is 1. The van der Waals surface area contributed by atoms with E-state index in [9.17, 15) is 4.79 Å². The number of nitrogens with one attached hydrogen (secondary N) is 2. The van der Waals surface area contributed by atoms with Crippen molar-refractivity contribution in [3.8, 4) is 5.75 Å². The Balaban J connectivity index is 1.71. The molecule has 118 valence electrons. The Morgan fingerprint density at radius 1 is 1.22 bits per heavy atom. The molecule has 0 spiro atoms. The van der Waals surface area contributed by atoms with Gasteiger partial charge in [-0.15, -0.1) is 0 Å². The van der Waals surface area contributed by atoms with Gasteiger partial charge < -0.3 is 10.1 Å². The standard InChI is InChI=1S/C17H18N4O2/c1-3-16(23-13-6-4-5-11(2)9-13)17(22)18-12-7-8-14-15(10-12)20-21-19-14/h4-10,16H,3H2,1-2H3,(H,18,22)(H,19,20,21). The predicted molar refractivity (Wildman–Crippen MR) is 88.4 cm³/mol. The zero-order valence-electron chi connectivity index (χ0n) is 13.0. The van der Waals surface area contributed by atoms with Gasteiger partial charge in [0.15, 0.2) is 6.10 Å². The zero-order chi connectivity index (χ0) is 16.2. The average Bonchev–Trinajstić information content (AvgIpc) is 3.00. The second-order valence-electron chi connectivity index (χ2n) is 5.35. The Morgan fingerprint density at radius 2 is 2.04 bits per heavy atom. The van der Waals surface area contributed by atoms with Crippen LogP contribution in [0.5, 0.6) is 5.75 Å². The van der Waals surface area contributed by atoms with Gasteiger partial charge in [0.25, 0.3) is 5.91 Å². The SMILES string of the molecule is CCC(Oc1cccc(C)c1)C(=O)Nc1ccc2n[nH]nc2c1. The lowest BCUT2D eigenvalue weighted by molar-refractivity contribution is -0.122. The van der Waals surface area contributed by atoms with E-state index in [-0.39, 0.29) is 5.91 Å². The molecule has 0 saturated heterocycles. The van der Waals surface area contributed by atoms with Crippen LogP contribution in [0.15, 0.2) is 42.5 Å². The minimum Gasteiger partial charge on any atom is -0.481 e. The third-order valence-electron chi connectivity index (χ3n) is 3.51. The fourth-order valence-electron chi connectivity index (χ4n) is 2.32. The Morgan fingerprint density at radius 3 is 2.83 bits per heavy atom. The summed E-state index contributed by atoms with van der Waals surface area (Å²) in [5.41, 5.74) is 3.22. The van der Waals surface area contributed by atoms with Crippen LogP contribution in [-0.2, 0) is 4.79 Å². The van der Waals surface area contributed by atoms with Crippen molar-refractivity contribution in [3.05, 3.63) is 48.0 Å². The molecule has 23 heavy (non-hydrogen) atoms. The van der Waals surface area contributed by atoms with E-state index >= 15 is 0 Å². The summed E-state index contributed by atoms with van der Waals surface area (Å²) in [4.78, 5) is 12.4. The number of benzene rings is 2.